The fourth-order valence-electron chi connectivity index (χ4n) is 4.77. The molecule has 1 aliphatic rings. The van der Waals surface area contributed by atoms with Crippen molar-refractivity contribution in [3.63, 3.8) is 0 Å². The van der Waals surface area contributed by atoms with E-state index in [2.05, 4.69) is 29.7 Å². The Hall–Kier alpha value is -5.24. The Morgan fingerprint density at radius 3 is 2.08 bits per heavy atom. The summed E-state index contributed by atoms with van der Waals surface area (Å²) >= 11 is 0. The molecule has 48 heavy (non-hydrogen) atoms. The molecule has 2 N–H and O–H groups in total. The number of ether oxygens (including phenoxy) is 2. The van der Waals surface area contributed by atoms with Crippen LogP contribution in [0.3, 0.4) is 0 Å². The topological polar surface area (TPSA) is 164 Å². The van der Waals surface area contributed by atoms with E-state index in [1.54, 1.807) is 0 Å². The van der Waals surface area contributed by atoms with Crippen molar-refractivity contribution in [3.05, 3.63) is 78.2 Å². The van der Waals surface area contributed by atoms with Gasteiger partial charge in [-0.15, -0.1) is 26.3 Å². The number of benzene rings is 2. The Labute approximate surface area is 266 Å². The van der Waals surface area contributed by atoms with E-state index in [1.807, 2.05) is 0 Å². The SMILES string of the molecule is O=C(O)c1cncc2ncc(N3CCN(S(=O)(=O)c4ccc(OC(F)(F)F)cc4)C(C(=O)NCc4ccc(OC(F)(F)F)cc4)C3)nc12. The number of nitrogens with zero attached hydrogens (tertiary/aromatic N) is 5. The molecular weight excluding hydrogens is 678 g/mol. The number of nitrogens with one attached hydrogen (secondary N) is 1. The molecule has 1 aliphatic heterocycles. The van der Waals surface area contributed by atoms with Crippen molar-refractivity contribution in [1.29, 1.82) is 0 Å². The molecule has 1 saturated heterocycles. The number of carbonyl (C=O) groups excluding carboxylic acids is 1. The molecule has 254 valence electrons. The average Bonchev–Trinajstić information content (AvgIpc) is 3.02. The lowest BCUT2D eigenvalue weighted by molar-refractivity contribution is -0.275. The summed E-state index contributed by atoms with van der Waals surface area (Å²) in [5.41, 5.74) is 0.251. The van der Waals surface area contributed by atoms with Gasteiger partial charge in [-0.05, 0) is 42.0 Å². The van der Waals surface area contributed by atoms with Gasteiger partial charge in [0.1, 0.15) is 40.0 Å². The van der Waals surface area contributed by atoms with Crippen LogP contribution in [0.25, 0.3) is 11.0 Å². The quantitative estimate of drug-likeness (QED) is 0.245. The molecule has 3 heterocycles. The Bertz CT molecular complexity index is 1930. The number of piperazine rings is 1. The molecule has 0 radical (unpaired) electrons. The van der Waals surface area contributed by atoms with Crippen molar-refractivity contribution in [1.82, 2.24) is 24.6 Å². The second kappa shape index (κ2) is 13.1. The van der Waals surface area contributed by atoms with Crippen LogP contribution >= 0.6 is 0 Å². The molecule has 1 fully saturated rings. The van der Waals surface area contributed by atoms with Gasteiger partial charge in [0.25, 0.3) is 0 Å². The van der Waals surface area contributed by atoms with Gasteiger partial charge in [-0.25, -0.2) is 23.2 Å². The Morgan fingerprint density at radius 2 is 1.50 bits per heavy atom. The lowest BCUT2D eigenvalue weighted by atomic mass is 10.1. The molecule has 0 spiro atoms. The summed E-state index contributed by atoms with van der Waals surface area (Å²) in [5.74, 6) is -3.21. The number of hydrogen-bond donors (Lipinski definition) is 2. The Morgan fingerprint density at radius 1 is 0.896 bits per heavy atom. The van der Waals surface area contributed by atoms with Crippen LogP contribution in [-0.4, -0.2) is 83.1 Å². The van der Waals surface area contributed by atoms with Gasteiger partial charge < -0.3 is 24.8 Å². The van der Waals surface area contributed by atoms with Crippen LogP contribution in [0.2, 0.25) is 0 Å². The van der Waals surface area contributed by atoms with Crippen molar-refractivity contribution in [3.8, 4) is 11.5 Å². The highest BCUT2D eigenvalue weighted by molar-refractivity contribution is 7.89. The molecular formula is C28H22F6N6O7S. The maximum atomic E-state index is 13.7. The second-order valence-corrected chi connectivity index (χ2v) is 12.0. The lowest BCUT2D eigenvalue weighted by Crippen LogP contribution is -2.60. The number of pyridine rings is 1. The number of anilines is 1. The van der Waals surface area contributed by atoms with E-state index in [4.69, 9.17) is 0 Å². The summed E-state index contributed by atoms with van der Waals surface area (Å²) in [5, 5.41) is 12.1. The number of alkyl halides is 6. The first-order valence-electron chi connectivity index (χ1n) is 13.6. The third kappa shape index (κ3) is 8.00. The zero-order valence-electron chi connectivity index (χ0n) is 24.1. The zero-order chi connectivity index (χ0) is 34.9. The Balaban J connectivity index is 1.42. The van der Waals surface area contributed by atoms with Gasteiger partial charge in [0, 0.05) is 32.4 Å². The normalized spacial score (nSPS) is 16.0. The molecule has 4 aromatic rings. The molecule has 1 unspecified atom stereocenters. The number of carboxylic acid groups (broad SMARTS) is 1. The molecule has 1 amide bonds. The number of carboxylic acids is 1. The van der Waals surface area contributed by atoms with Gasteiger partial charge in [0.05, 0.1) is 17.3 Å². The number of carbonyl (C=O) groups is 2. The molecule has 0 saturated carbocycles. The van der Waals surface area contributed by atoms with Crippen LogP contribution < -0.4 is 19.7 Å². The number of sulfonamides is 1. The fraction of sp³-hybridized carbons (Fsp3) is 0.250. The predicted molar refractivity (Wildman–Crippen MR) is 152 cm³/mol. The van der Waals surface area contributed by atoms with Crippen molar-refractivity contribution in [2.75, 3.05) is 24.5 Å². The summed E-state index contributed by atoms with van der Waals surface area (Å²) in [4.78, 5) is 38.7. The Kier molecular flexibility index (Phi) is 9.31. The van der Waals surface area contributed by atoms with E-state index in [-0.39, 0.29) is 48.6 Å². The minimum absolute atomic E-state index is 0.00910. The largest absolute Gasteiger partial charge is 0.573 e. The lowest BCUT2D eigenvalue weighted by Gasteiger charge is -2.40. The van der Waals surface area contributed by atoms with E-state index in [0.29, 0.717) is 5.56 Å². The van der Waals surface area contributed by atoms with Gasteiger partial charge >= 0.3 is 18.7 Å². The molecule has 1 atom stereocenters. The highest BCUT2D eigenvalue weighted by Gasteiger charge is 2.41. The average molecular weight is 701 g/mol. The van der Waals surface area contributed by atoms with E-state index in [1.165, 1.54) is 29.4 Å². The molecule has 2 aromatic carbocycles. The molecule has 20 heteroatoms. The van der Waals surface area contributed by atoms with Crippen LogP contribution in [0.4, 0.5) is 32.2 Å². The van der Waals surface area contributed by atoms with Crippen LogP contribution in [0.15, 0.2) is 72.0 Å². The van der Waals surface area contributed by atoms with E-state index < -0.39 is 57.1 Å². The molecule has 0 aliphatic carbocycles. The third-order valence-corrected chi connectivity index (χ3v) is 8.84. The van der Waals surface area contributed by atoms with Crippen molar-refractivity contribution in [2.45, 2.75) is 30.2 Å². The third-order valence-electron chi connectivity index (χ3n) is 6.92. The smallest absolute Gasteiger partial charge is 0.478 e. The van der Waals surface area contributed by atoms with Crippen LogP contribution in [0.1, 0.15) is 15.9 Å². The zero-order valence-corrected chi connectivity index (χ0v) is 24.9. The first-order chi connectivity index (χ1) is 22.5. The van der Waals surface area contributed by atoms with Crippen molar-refractivity contribution >= 4 is 38.8 Å². The summed E-state index contributed by atoms with van der Waals surface area (Å²) in [6.07, 6.45) is -6.26. The highest BCUT2D eigenvalue weighted by atomic mass is 32.2. The second-order valence-electron chi connectivity index (χ2n) is 10.1. The molecule has 0 bridgehead atoms. The van der Waals surface area contributed by atoms with Gasteiger partial charge in [-0.2, -0.15) is 4.31 Å². The predicted octanol–water partition coefficient (Wildman–Crippen LogP) is 3.72. The summed E-state index contributed by atoms with van der Waals surface area (Å²) in [6, 6.07) is 6.47. The van der Waals surface area contributed by atoms with Gasteiger partial charge in [0.2, 0.25) is 15.9 Å². The number of aromatic nitrogens is 3. The monoisotopic (exact) mass is 700 g/mol. The number of rotatable bonds is 9. The summed E-state index contributed by atoms with van der Waals surface area (Å²) in [6.45, 7) is -0.949. The fourth-order valence-corrected chi connectivity index (χ4v) is 6.34. The molecule has 5 rings (SSSR count). The first-order valence-corrected chi connectivity index (χ1v) is 15.0. The summed E-state index contributed by atoms with van der Waals surface area (Å²) < 4.78 is 111. The minimum Gasteiger partial charge on any atom is -0.478 e. The van der Waals surface area contributed by atoms with E-state index in [9.17, 15) is 49.5 Å². The number of aromatic carboxylic acids is 1. The van der Waals surface area contributed by atoms with Gasteiger partial charge in [0.15, 0.2) is 0 Å². The van der Waals surface area contributed by atoms with Gasteiger partial charge in [-0.3, -0.25) is 9.78 Å². The van der Waals surface area contributed by atoms with E-state index >= 15 is 0 Å². The number of amides is 1. The highest BCUT2D eigenvalue weighted by Crippen LogP contribution is 2.29. The van der Waals surface area contributed by atoms with E-state index in [0.717, 1.165) is 46.9 Å². The minimum atomic E-state index is -5.01. The molecule has 13 nitrogen and oxygen atoms in total. The van der Waals surface area contributed by atoms with Crippen molar-refractivity contribution in [2.24, 2.45) is 0 Å². The first kappa shape index (κ1) is 34.1. The standard InChI is InChI=1S/C28H22F6N6O7S/c29-27(30,31)46-17-3-1-16(2-4-17)11-37-25(41)22-15-39(23-14-36-21-13-35-12-20(26(42)43)24(21)38-23)9-10-40(22)48(44,45)19-7-5-18(6-8-19)47-28(32,33)34/h1-8,12-14,22H,9-11,15H2,(H,37,41)(H,42,43). The summed E-state index contributed by atoms with van der Waals surface area (Å²) in [7, 11) is -4.52. The maximum Gasteiger partial charge on any atom is 0.573 e. The maximum absolute atomic E-state index is 13.7. The number of halogens is 6. The van der Waals surface area contributed by atoms with Crippen LogP contribution in [0.5, 0.6) is 11.5 Å². The number of fused-ring (bicyclic) bond motifs is 1. The number of hydrogen-bond acceptors (Lipinski definition) is 10. The van der Waals surface area contributed by atoms with Crippen molar-refractivity contribution < 1.29 is 58.9 Å². The van der Waals surface area contributed by atoms with Crippen LogP contribution in [0, 0.1) is 0 Å². The van der Waals surface area contributed by atoms with Gasteiger partial charge in [-0.1, -0.05) is 12.1 Å². The van der Waals surface area contributed by atoms with Crippen LogP contribution in [-0.2, 0) is 21.4 Å². The molecule has 2 aromatic heterocycles.